The summed E-state index contributed by atoms with van der Waals surface area (Å²) in [5.74, 6) is 2.83. The topological polar surface area (TPSA) is 17.1 Å². The van der Waals surface area contributed by atoms with Gasteiger partial charge in [-0.1, -0.05) is 18.2 Å². The first kappa shape index (κ1) is 12.5. The molecule has 0 aliphatic carbocycles. The van der Waals surface area contributed by atoms with Gasteiger partial charge < -0.3 is 0 Å². The number of carbonyl (C=O) groups excluding carboxylic acids is 1. The molecular formula is C15H18O. The van der Waals surface area contributed by atoms with Crippen LogP contribution in [0.5, 0.6) is 0 Å². The molecule has 1 heteroatoms. The van der Waals surface area contributed by atoms with E-state index in [-0.39, 0.29) is 5.78 Å². The molecule has 0 N–H and O–H groups in total. The fourth-order valence-electron chi connectivity index (χ4n) is 1.62. The second-order valence-electron chi connectivity index (χ2n) is 4.19. The Morgan fingerprint density at radius 3 is 2.69 bits per heavy atom. The van der Waals surface area contributed by atoms with E-state index in [0.717, 1.165) is 12.0 Å². The Morgan fingerprint density at radius 1 is 1.31 bits per heavy atom. The van der Waals surface area contributed by atoms with E-state index in [9.17, 15) is 4.79 Å². The van der Waals surface area contributed by atoms with Crippen LogP contribution in [0.3, 0.4) is 0 Å². The van der Waals surface area contributed by atoms with E-state index in [0.29, 0.717) is 19.3 Å². The number of hydrogen-bond donors (Lipinski definition) is 0. The molecule has 1 rings (SSSR count). The minimum absolute atomic E-state index is 0.276. The van der Waals surface area contributed by atoms with Crippen LogP contribution in [0.2, 0.25) is 0 Å². The number of hydrogen-bond acceptors (Lipinski definition) is 1. The molecule has 0 heterocycles. The van der Waals surface area contributed by atoms with Crippen molar-refractivity contribution in [3.05, 3.63) is 34.9 Å². The average Bonchev–Trinajstić information content (AvgIpc) is 2.24. The molecule has 0 amide bonds. The Labute approximate surface area is 97.9 Å². The molecule has 1 aromatic rings. The molecule has 84 valence electrons. The molecule has 0 aliphatic heterocycles. The van der Waals surface area contributed by atoms with E-state index in [4.69, 9.17) is 6.42 Å². The molecule has 0 saturated heterocycles. The van der Waals surface area contributed by atoms with Gasteiger partial charge in [0.1, 0.15) is 5.78 Å². The molecule has 0 fully saturated rings. The van der Waals surface area contributed by atoms with Crippen LogP contribution in [-0.4, -0.2) is 5.78 Å². The normalized spacial score (nSPS) is 9.81. The predicted octanol–water partition coefficient (Wildman–Crippen LogP) is 3.22. The Kier molecular flexibility index (Phi) is 4.79. The van der Waals surface area contributed by atoms with Crippen LogP contribution >= 0.6 is 0 Å². The molecule has 0 aliphatic rings. The van der Waals surface area contributed by atoms with Gasteiger partial charge in [0.15, 0.2) is 0 Å². The first-order valence-corrected chi connectivity index (χ1v) is 5.65. The number of rotatable bonds is 5. The van der Waals surface area contributed by atoms with Crippen LogP contribution < -0.4 is 0 Å². The van der Waals surface area contributed by atoms with Crippen LogP contribution in [0.25, 0.3) is 0 Å². The number of Topliss-reactive ketones (excluding diaryl/α,β-unsaturated/α-hetero) is 1. The number of aryl methyl sites for hydroxylation is 2. The first-order valence-electron chi connectivity index (χ1n) is 5.65. The number of benzene rings is 1. The second-order valence-corrected chi connectivity index (χ2v) is 4.19. The van der Waals surface area contributed by atoms with Crippen LogP contribution in [0.15, 0.2) is 18.2 Å². The summed E-state index contributed by atoms with van der Waals surface area (Å²) in [5.41, 5.74) is 3.62. The lowest BCUT2D eigenvalue weighted by Gasteiger charge is -2.04. The third-order valence-corrected chi connectivity index (χ3v) is 2.75. The Morgan fingerprint density at radius 2 is 2.06 bits per heavy atom. The van der Waals surface area contributed by atoms with Gasteiger partial charge in [-0.3, -0.25) is 4.79 Å². The molecule has 1 aromatic carbocycles. The summed E-state index contributed by atoms with van der Waals surface area (Å²) in [4.78, 5) is 11.6. The number of terminal acetylenes is 1. The minimum Gasteiger partial charge on any atom is -0.299 e. The summed E-state index contributed by atoms with van der Waals surface area (Å²) in [6.45, 7) is 4.15. The maximum Gasteiger partial charge on any atom is 0.137 e. The number of ketones is 1. The lowest BCUT2D eigenvalue weighted by atomic mass is 10.0. The largest absolute Gasteiger partial charge is 0.299 e. The van der Waals surface area contributed by atoms with Crippen molar-refractivity contribution in [1.29, 1.82) is 0 Å². The fourth-order valence-corrected chi connectivity index (χ4v) is 1.62. The van der Waals surface area contributed by atoms with E-state index >= 15 is 0 Å². The SMILES string of the molecule is C#CCCCC(=O)Cc1ccc(C)c(C)c1. The lowest BCUT2D eigenvalue weighted by molar-refractivity contribution is -0.118. The van der Waals surface area contributed by atoms with Crippen LogP contribution in [0.4, 0.5) is 0 Å². The van der Waals surface area contributed by atoms with Crippen LogP contribution in [0.1, 0.15) is 36.0 Å². The zero-order chi connectivity index (χ0) is 12.0. The van der Waals surface area contributed by atoms with Gasteiger partial charge in [0.2, 0.25) is 0 Å². The highest BCUT2D eigenvalue weighted by Gasteiger charge is 2.04. The van der Waals surface area contributed by atoms with E-state index in [1.54, 1.807) is 0 Å². The van der Waals surface area contributed by atoms with Crippen molar-refractivity contribution < 1.29 is 4.79 Å². The highest BCUT2D eigenvalue weighted by Crippen LogP contribution is 2.11. The standard InChI is InChI=1S/C15H18O/c1-4-5-6-7-15(16)11-14-9-8-12(2)13(3)10-14/h1,8-10H,5-7,11H2,2-3H3. The highest BCUT2D eigenvalue weighted by atomic mass is 16.1. The molecular weight excluding hydrogens is 196 g/mol. The van der Waals surface area contributed by atoms with Gasteiger partial charge in [0.25, 0.3) is 0 Å². The summed E-state index contributed by atoms with van der Waals surface area (Å²) in [5, 5.41) is 0. The van der Waals surface area contributed by atoms with Crippen LogP contribution in [0, 0.1) is 26.2 Å². The lowest BCUT2D eigenvalue weighted by Crippen LogP contribution is -2.02. The number of carbonyl (C=O) groups is 1. The van der Waals surface area contributed by atoms with Gasteiger partial charge in [-0.2, -0.15) is 0 Å². The predicted molar refractivity (Wildman–Crippen MR) is 67.3 cm³/mol. The minimum atomic E-state index is 0.276. The first-order chi connectivity index (χ1) is 7.63. The van der Waals surface area contributed by atoms with Gasteiger partial charge in [-0.25, -0.2) is 0 Å². The molecule has 0 unspecified atom stereocenters. The van der Waals surface area contributed by atoms with Crippen molar-refractivity contribution in [1.82, 2.24) is 0 Å². The molecule has 1 nitrogen and oxygen atoms in total. The van der Waals surface area contributed by atoms with Crippen LogP contribution in [-0.2, 0) is 11.2 Å². The maximum atomic E-state index is 11.6. The molecule has 0 radical (unpaired) electrons. The zero-order valence-electron chi connectivity index (χ0n) is 10.0. The molecule has 16 heavy (non-hydrogen) atoms. The van der Waals surface area contributed by atoms with E-state index in [1.807, 2.05) is 6.07 Å². The molecule has 0 spiro atoms. The van der Waals surface area contributed by atoms with Gasteiger partial charge in [0.05, 0.1) is 0 Å². The monoisotopic (exact) mass is 214 g/mol. The Hall–Kier alpha value is -1.55. The van der Waals surface area contributed by atoms with Crippen molar-refractivity contribution in [3.63, 3.8) is 0 Å². The molecule has 0 atom stereocenters. The average molecular weight is 214 g/mol. The number of unbranched alkanes of at least 4 members (excludes halogenated alkanes) is 1. The fraction of sp³-hybridized carbons (Fsp3) is 0.400. The van der Waals surface area contributed by atoms with Gasteiger partial charge in [0, 0.05) is 19.3 Å². The van der Waals surface area contributed by atoms with E-state index < -0.39 is 0 Å². The van der Waals surface area contributed by atoms with Crippen molar-refractivity contribution in [2.45, 2.75) is 39.5 Å². The Balaban J connectivity index is 2.50. The zero-order valence-corrected chi connectivity index (χ0v) is 10.0. The summed E-state index contributed by atoms with van der Waals surface area (Å²) in [7, 11) is 0. The molecule has 0 aromatic heterocycles. The van der Waals surface area contributed by atoms with Gasteiger partial charge in [-0.05, 0) is 37.0 Å². The van der Waals surface area contributed by atoms with Crippen molar-refractivity contribution in [2.75, 3.05) is 0 Å². The summed E-state index contributed by atoms with van der Waals surface area (Å²) >= 11 is 0. The van der Waals surface area contributed by atoms with E-state index in [1.165, 1.54) is 11.1 Å². The molecule has 0 bridgehead atoms. The molecule has 0 saturated carbocycles. The quantitative estimate of drug-likeness (QED) is 0.543. The van der Waals surface area contributed by atoms with Crippen molar-refractivity contribution in [2.24, 2.45) is 0 Å². The summed E-state index contributed by atoms with van der Waals surface area (Å²) in [6, 6.07) is 6.19. The third-order valence-electron chi connectivity index (χ3n) is 2.75. The summed E-state index contributed by atoms with van der Waals surface area (Å²) in [6.07, 6.45) is 7.77. The van der Waals surface area contributed by atoms with E-state index in [2.05, 4.69) is 31.9 Å². The highest BCUT2D eigenvalue weighted by molar-refractivity contribution is 5.80. The Bertz CT molecular complexity index is 410. The maximum absolute atomic E-state index is 11.6. The van der Waals surface area contributed by atoms with Gasteiger partial charge >= 0.3 is 0 Å². The second kappa shape index (κ2) is 6.12. The van der Waals surface area contributed by atoms with Crippen molar-refractivity contribution in [3.8, 4) is 12.3 Å². The third kappa shape index (κ3) is 3.90. The summed E-state index contributed by atoms with van der Waals surface area (Å²) < 4.78 is 0. The van der Waals surface area contributed by atoms with Crippen molar-refractivity contribution >= 4 is 5.78 Å². The van der Waals surface area contributed by atoms with Gasteiger partial charge in [-0.15, -0.1) is 12.3 Å². The smallest absolute Gasteiger partial charge is 0.137 e.